The Morgan fingerprint density at radius 1 is 1.12 bits per heavy atom. The van der Waals surface area contributed by atoms with Gasteiger partial charge in [-0.3, -0.25) is 4.90 Å². The maximum absolute atomic E-state index is 6.05. The van der Waals surface area contributed by atoms with Gasteiger partial charge in [0.25, 0.3) is 0 Å². The molecule has 96 valence electrons. The van der Waals surface area contributed by atoms with Gasteiger partial charge >= 0.3 is 0 Å². The fourth-order valence-electron chi connectivity index (χ4n) is 2.05. The van der Waals surface area contributed by atoms with E-state index in [0.717, 1.165) is 32.5 Å². The van der Waals surface area contributed by atoms with E-state index in [-0.39, 0.29) is 0 Å². The summed E-state index contributed by atoms with van der Waals surface area (Å²) >= 11 is 0. The van der Waals surface area contributed by atoms with E-state index in [1.165, 1.54) is 12.0 Å². The SMILES string of the molecule is CCCC(N)CCN(CC)Cc1ccccc1. The Bertz CT molecular complexity index is 284. The summed E-state index contributed by atoms with van der Waals surface area (Å²) in [5.74, 6) is 0. The van der Waals surface area contributed by atoms with E-state index in [4.69, 9.17) is 5.73 Å². The number of hydrogen-bond acceptors (Lipinski definition) is 2. The summed E-state index contributed by atoms with van der Waals surface area (Å²) < 4.78 is 0. The molecular formula is C15H26N2. The van der Waals surface area contributed by atoms with Gasteiger partial charge in [0.15, 0.2) is 0 Å². The van der Waals surface area contributed by atoms with Crippen LogP contribution < -0.4 is 5.73 Å². The third kappa shape index (κ3) is 5.85. The van der Waals surface area contributed by atoms with Crippen molar-refractivity contribution in [3.05, 3.63) is 35.9 Å². The molecular weight excluding hydrogens is 208 g/mol. The molecule has 1 atom stereocenters. The molecule has 0 heterocycles. The van der Waals surface area contributed by atoms with Gasteiger partial charge in [0.05, 0.1) is 0 Å². The lowest BCUT2D eigenvalue weighted by Crippen LogP contribution is -2.30. The molecule has 1 unspecified atom stereocenters. The summed E-state index contributed by atoms with van der Waals surface area (Å²) in [5.41, 5.74) is 7.44. The van der Waals surface area contributed by atoms with Crippen molar-refractivity contribution >= 4 is 0 Å². The lowest BCUT2D eigenvalue weighted by molar-refractivity contribution is 0.266. The molecule has 1 aromatic rings. The van der Waals surface area contributed by atoms with Gasteiger partial charge in [-0.2, -0.15) is 0 Å². The molecule has 0 spiro atoms. The van der Waals surface area contributed by atoms with Crippen molar-refractivity contribution < 1.29 is 0 Å². The highest BCUT2D eigenvalue weighted by Crippen LogP contribution is 2.06. The van der Waals surface area contributed by atoms with Crippen LogP contribution in [0, 0.1) is 0 Å². The normalized spacial score (nSPS) is 12.9. The van der Waals surface area contributed by atoms with E-state index in [1.807, 2.05) is 0 Å². The smallest absolute Gasteiger partial charge is 0.0233 e. The Labute approximate surface area is 106 Å². The molecule has 0 aliphatic carbocycles. The number of nitrogens with zero attached hydrogens (tertiary/aromatic N) is 1. The van der Waals surface area contributed by atoms with Crippen molar-refractivity contribution in [2.24, 2.45) is 5.73 Å². The zero-order valence-electron chi connectivity index (χ0n) is 11.2. The second-order valence-electron chi connectivity index (χ2n) is 4.69. The van der Waals surface area contributed by atoms with Crippen molar-refractivity contribution in [3.63, 3.8) is 0 Å². The van der Waals surface area contributed by atoms with Gasteiger partial charge < -0.3 is 5.73 Å². The number of nitrogens with two attached hydrogens (primary N) is 1. The number of rotatable bonds is 8. The van der Waals surface area contributed by atoms with Gasteiger partial charge in [-0.1, -0.05) is 50.6 Å². The third-order valence-electron chi connectivity index (χ3n) is 3.17. The highest BCUT2D eigenvalue weighted by molar-refractivity contribution is 5.14. The van der Waals surface area contributed by atoms with Gasteiger partial charge in [0.1, 0.15) is 0 Å². The molecule has 0 aliphatic rings. The molecule has 0 saturated heterocycles. The molecule has 0 saturated carbocycles. The average molecular weight is 234 g/mol. The number of hydrogen-bond donors (Lipinski definition) is 1. The molecule has 0 aliphatic heterocycles. The van der Waals surface area contributed by atoms with Gasteiger partial charge in [0, 0.05) is 12.6 Å². The monoisotopic (exact) mass is 234 g/mol. The average Bonchev–Trinajstić information content (AvgIpc) is 2.36. The summed E-state index contributed by atoms with van der Waals surface area (Å²) in [7, 11) is 0. The second kappa shape index (κ2) is 8.26. The minimum atomic E-state index is 0.366. The van der Waals surface area contributed by atoms with Crippen LogP contribution in [-0.2, 0) is 6.54 Å². The van der Waals surface area contributed by atoms with Crippen molar-refractivity contribution in [3.8, 4) is 0 Å². The van der Waals surface area contributed by atoms with Crippen LogP contribution >= 0.6 is 0 Å². The molecule has 17 heavy (non-hydrogen) atoms. The quantitative estimate of drug-likeness (QED) is 0.749. The summed E-state index contributed by atoms with van der Waals surface area (Å²) in [6.45, 7) is 7.65. The molecule has 1 aromatic carbocycles. The Hall–Kier alpha value is -0.860. The van der Waals surface area contributed by atoms with E-state index in [9.17, 15) is 0 Å². The summed E-state index contributed by atoms with van der Waals surface area (Å²) in [4.78, 5) is 2.46. The molecule has 1 rings (SSSR count). The maximum atomic E-state index is 6.05. The lowest BCUT2D eigenvalue weighted by Gasteiger charge is -2.22. The van der Waals surface area contributed by atoms with Crippen LogP contribution in [0.25, 0.3) is 0 Å². The highest BCUT2D eigenvalue weighted by atomic mass is 15.1. The maximum Gasteiger partial charge on any atom is 0.0233 e. The van der Waals surface area contributed by atoms with E-state index in [1.54, 1.807) is 0 Å². The molecule has 2 heteroatoms. The first-order chi connectivity index (χ1) is 8.26. The van der Waals surface area contributed by atoms with E-state index in [2.05, 4.69) is 49.1 Å². The van der Waals surface area contributed by atoms with Crippen molar-refractivity contribution in [1.29, 1.82) is 0 Å². The Kier molecular flexibility index (Phi) is 6.90. The first-order valence-electron chi connectivity index (χ1n) is 6.78. The van der Waals surface area contributed by atoms with Gasteiger partial charge in [-0.05, 0) is 31.5 Å². The van der Waals surface area contributed by atoms with Crippen LogP contribution in [0.2, 0.25) is 0 Å². The fourth-order valence-corrected chi connectivity index (χ4v) is 2.05. The predicted molar refractivity (Wildman–Crippen MR) is 74.9 cm³/mol. The van der Waals surface area contributed by atoms with E-state index in [0.29, 0.717) is 6.04 Å². The molecule has 0 fully saturated rings. The van der Waals surface area contributed by atoms with Crippen molar-refractivity contribution in [2.45, 2.75) is 45.7 Å². The summed E-state index contributed by atoms with van der Waals surface area (Å²) in [5, 5.41) is 0. The van der Waals surface area contributed by atoms with Crippen LogP contribution in [0.4, 0.5) is 0 Å². The predicted octanol–water partition coefficient (Wildman–Crippen LogP) is 3.03. The summed E-state index contributed by atoms with van der Waals surface area (Å²) in [6, 6.07) is 11.0. The lowest BCUT2D eigenvalue weighted by atomic mass is 10.1. The molecule has 2 N–H and O–H groups in total. The molecule has 0 amide bonds. The minimum absolute atomic E-state index is 0.366. The van der Waals surface area contributed by atoms with Crippen LogP contribution in [0.15, 0.2) is 30.3 Å². The second-order valence-corrected chi connectivity index (χ2v) is 4.69. The van der Waals surface area contributed by atoms with Crippen molar-refractivity contribution in [1.82, 2.24) is 4.90 Å². The molecule has 0 aromatic heterocycles. The van der Waals surface area contributed by atoms with Crippen LogP contribution in [0.1, 0.15) is 38.7 Å². The molecule has 0 bridgehead atoms. The van der Waals surface area contributed by atoms with Crippen LogP contribution in [0.3, 0.4) is 0 Å². The zero-order chi connectivity index (χ0) is 12.5. The van der Waals surface area contributed by atoms with Gasteiger partial charge in [0.2, 0.25) is 0 Å². The van der Waals surface area contributed by atoms with E-state index < -0.39 is 0 Å². The Morgan fingerprint density at radius 3 is 2.41 bits per heavy atom. The minimum Gasteiger partial charge on any atom is -0.328 e. The van der Waals surface area contributed by atoms with E-state index >= 15 is 0 Å². The zero-order valence-corrected chi connectivity index (χ0v) is 11.2. The first-order valence-corrected chi connectivity index (χ1v) is 6.78. The Balaban J connectivity index is 2.34. The third-order valence-corrected chi connectivity index (χ3v) is 3.17. The fraction of sp³-hybridized carbons (Fsp3) is 0.600. The highest BCUT2D eigenvalue weighted by Gasteiger charge is 2.06. The first kappa shape index (κ1) is 14.2. The Morgan fingerprint density at radius 2 is 1.82 bits per heavy atom. The molecule has 2 nitrogen and oxygen atoms in total. The van der Waals surface area contributed by atoms with Crippen molar-refractivity contribution in [2.75, 3.05) is 13.1 Å². The number of benzene rings is 1. The van der Waals surface area contributed by atoms with Gasteiger partial charge in [-0.15, -0.1) is 0 Å². The summed E-state index contributed by atoms with van der Waals surface area (Å²) in [6.07, 6.45) is 3.43. The standard InChI is InChI=1S/C15H26N2/c1-3-8-15(16)11-12-17(4-2)13-14-9-6-5-7-10-14/h5-7,9-10,15H,3-4,8,11-13,16H2,1-2H3. The van der Waals surface area contributed by atoms with Gasteiger partial charge in [-0.25, -0.2) is 0 Å². The topological polar surface area (TPSA) is 29.3 Å². The molecule has 0 radical (unpaired) electrons. The van der Waals surface area contributed by atoms with Crippen LogP contribution in [-0.4, -0.2) is 24.0 Å². The van der Waals surface area contributed by atoms with Crippen LogP contribution in [0.5, 0.6) is 0 Å². The largest absolute Gasteiger partial charge is 0.328 e.